The molecule has 2 aromatic carbocycles. The van der Waals surface area contributed by atoms with E-state index in [4.69, 9.17) is 10.1 Å². The molecule has 0 N–H and O–H groups in total. The van der Waals surface area contributed by atoms with Crippen molar-refractivity contribution in [1.29, 1.82) is 5.26 Å². The zero-order valence-electron chi connectivity index (χ0n) is 10.7. The Bertz CT molecular complexity index is 609. The summed E-state index contributed by atoms with van der Waals surface area (Å²) in [5.74, 6) is 0. The van der Waals surface area contributed by atoms with Crippen LogP contribution < -0.4 is 0 Å². The molecule has 0 fully saturated rings. The second-order valence-electron chi connectivity index (χ2n) is 4.17. The molecule has 0 aromatic heterocycles. The molecule has 0 aliphatic heterocycles. The van der Waals surface area contributed by atoms with Gasteiger partial charge in [0.25, 0.3) is 0 Å². The molecule has 0 saturated carbocycles. The Morgan fingerprint density at radius 1 is 1.16 bits per heavy atom. The van der Waals surface area contributed by atoms with Crippen LogP contribution in [0.25, 0.3) is 0 Å². The number of aryl methyl sites for hydroxylation is 1. The lowest BCUT2D eigenvalue weighted by Gasteiger charge is -2.01. The molecule has 0 spiro atoms. The third-order valence-electron chi connectivity index (χ3n) is 2.77. The second-order valence-corrected chi connectivity index (χ2v) is 4.17. The van der Waals surface area contributed by atoms with Gasteiger partial charge in [0.2, 0.25) is 0 Å². The lowest BCUT2D eigenvalue weighted by atomic mass is 10.1. The maximum absolute atomic E-state index is 8.69. The summed E-state index contributed by atoms with van der Waals surface area (Å²) >= 11 is 0. The maximum atomic E-state index is 8.69. The third-order valence-corrected chi connectivity index (χ3v) is 2.77. The van der Waals surface area contributed by atoms with Crippen LogP contribution in [-0.4, -0.2) is 6.21 Å². The fourth-order valence-electron chi connectivity index (χ4n) is 1.61. The number of nitriles is 1. The van der Waals surface area contributed by atoms with E-state index in [1.54, 1.807) is 18.3 Å². The predicted molar refractivity (Wildman–Crippen MR) is 74.7 cm³/mol. The Hall–Kier alpha value is -2.60. The quantitative estimate of drug-likeness (QED) is 0.616. The number of rotatable bonds is 4. The Balaban J connectivity index is 1.90. The van der Waals surface area contributed by atoms with E-state index in [1.807, 2.05) is 43.3 Å². The van der Waals surface area contributed by atoms with Gasteiger partial charge in [-0.1, -0.05) is 41.6 Å². The highest BCUT2D eigenvalue weighted by Gasteiger charge is 1.95. The molecule has 0 bridgehead atoms. The van der Waals surface area contributed by atoms with Gasteiger partial charge in [-0.15, -0.1) is 0 Å². The van der Waals surface area contributed by atoms with Crippen LogP contribution in [0.5, 0.6) is 0 Å². The molecule has 19 heavy (non-hydrogen) atoms. The van der Waals surface area contributed by atoms with Gasteiger partial charge in [-0.3, -0.25) is 0 Å². The number of hydrogen-bond donors (Lipinski definition) is 0. The van der Waals surface area contributed by atoms with Gasteiger partial charge >= 0.3 is 0 Å². The van der Waals surface area contributed by atoms with Crippen LogP contribution in [0.15, 0.2) is 53.7 Å². The second kappa shape index (κ2) is 6.36. The zero-order valence-corrected chi connectivity index (χ0v) is 10.7. The molecule has 0 heterocycles. The van der Waals surface area contributed by atoms with Crippen molar-refractivity contribution >= 4 is 6.21 Å². The third kappa shape index (κ3) is 3.68. The van der Waals surface area contributed by atoms with Crippen LogP contribution in [0.3, 0.4) is 0 Å². The summed E-state index contributed by atoms with van der Waals surface area (Å²) in [6.07, 6.45) is 1.71. The highest BCUT2D eigenvalue weighted by atomic mass is 16.6. The molecule has 2 rings (SSSR count). The van der Waals surface area contributed by atoms with Crippen molar-refractivity contribution < 1.29 is 4.84 Å². The SMILES string of the molecule is Cc1ccccc1C=NOCc1ccc(C#N)cc1. The molecular weight excluding hydrogens is 236 g/mol. The number of benzene rings is 2. The van der Waals surface area contributed by atoms with E-state index in [9.17, 15) is 0 Å². The summed E-state index contributed by atoms with van der Waals surface area (Å²) in [5, 5.41) is 12.6. The Morgan fingerprint density at radius 3 is 2.58 bits per heavy atom. The minimum atomic E-state index is 0.397. The van der Waals surface area contributed by atoms with Crippen molar-refractivity contribution in [3.8, 4) is 6.07 Å². The van der Waals surface area contributed by atoms with Gasteiger partial charge in [-0.2, -0.15) is 5.26 Å². The Morgan fingerprint density at radius 2 is 1.89 bits per heavy atom. The normalized spacial score (nSPS) is 10.3. The van der Waals surface area contributed by atoms with E-state index >= 15 is 0 Å². The van der Waals surface area contributed by atoms with Crippen molar-refractivity contribution in [2.75, 3.05) is 0 Å². The monoisotopic (exact) mass is 250 g/mol. The van der Waals surface area contributed by atoms with Gasteiger partial charge < -0.3 is 4.84 Å². The average molecular weight is 250 g/mol. The lowest BCUT2D eigenvalue weighted by molar-refractivity contribution is 0.132. The van der Waals surface area contributed by atoms with Crippen LogP contribution in [0.2, 0.25) is 0 Å². The van der Waals surface area contributed by atoms with Crippen molar-refractivity contribution in [3.63, 3.8) is 0 Å². The molecule has 0 radical (unpaired) electrons. The molecule has 0 aliphatic carbocycles. The molecule has 0 aliphatic rings. The first-order valence-corrected chi connectivity index (χ1v) is 5.99. The van der Waals surface area contributed by atoms with E-state index in [0.29, 0.717) is 12.2 Å². The summed E-state index contributed by atoms with van der Waals surface area (Å²) in [6.45, 7) is 2.43. The van der Waals surface area contributed by atoms with E-state index in [2.05, 4.69) is 11.2 Å². The Labute approximate surface area is 112 Å². The summed E-state index contributed by atoms with van der Waals surface area (Å²) in [4.78, 5) is 5.24. The van der Waals surface area contributed by atoms with Crippen molar-refractivity contribution in [2.24, 2.45) is 5.16 Å². The summed E-state index contributed by atoms with van der Waals surface area (Å²) in [6, 6.07) is 17.3. The smallest absolute Gasteiger partial charge is 0.142 e. The highest BCUT2D eigenvalue weighted by Crippen LogP contribution is 2.06. The number of oxime groups is 1. The van der Waals surface area contributed by atoms with Gasteiger partial charge in [-0.25, -0.2) is 0 Å². The van der Waals surface area contributed by atoms with Crippen LogP contribution in [0, 0.1) is 18.3 Å². The van der Waals surface area contributed by atoms with E-state index in [-0.39, 0.29) is 0 Å². The van der Waals surface area contributed by atoms with Crippen LogP contribution in [0.1, 0.15) is 22.3 Å². The maximum Gasteiger partial charge on any atom is 0.142 e. The van der Waals surface area contributed by atoms with Gasteiger partial charge in [0, 0.05) is 0 Å². The van der Waals surface area contributed by atoms with E-state index in [0.717, 1.165) is 16.7 Å². The average Bonchev–Trinajstić information content (AvgIpc) is 2.46. The highest BCUT2D eigenvalue weighted by molar-refractivity contribution is 5.81. The number of hydrogen-bond acceptors (Lipinski definition) is 3. The Kier molecular flexibility index (Phi) is 4.30. The first-order valence-electron chi connectivity index (χ1n) is 5.99. The van der Waals surface area contributed by atoms with Crippen molar-refractivity contribution in [1.82, 2.24) is 0 Å². The van der Waals surface area contributed by atoms with Crippen molar-refractivity contribution in [3.05, 3.63) is 70.8 Å². The summed E-state index contributed by atoms with van der Waals surface area (Å²) in [5.41, 5.74) is 3.84. The molecule has 0 unspecified atom stereocenters. The van der Waals surface area contributed by atoms with Gasteiger partial charge in [-0.05, 0) is 35.7 Å². The molecule has 0 atom stereocenters. The zero-order chi connectivity index (χ0) is 13.5. The van der Waals surface area contributed by atoms with Gasteiger partial charge in [0.15, 0.2) is 0 Å². The molecule has 3 nitrogen and oxygen atoms in total. The largest absolute Gasteiger partial charge is 0.391 e. The van der Waals surface area contributed by atoms with Gasteiger partial charge in [0.1, 0.15) is 6.61 Å². The molecular formula is C16H14N2O. The van der Waals surface area contributed by atoms with Gasteiger partial charge in [0.05, 0.1) is 17.8 Å². The molecule has 2 aromatic rings. The first kappa shape index (κ1) is 12.8. The number of nitrogens with zero attached hydrogens (tertiary/aromatic N) is 2. The fraction of sp³-hybridized carbons (Fsp3) is 0.125. The van der Waals surface area contributed by atoms with Crippen LogP contribution >= 0.6 is 0 Å². The predicted octanol–water partition coefficient (Wildman–Crippen LogP) is 3.42. The minimum absolute atomic E-state index is 0.397. The minimum Gasteiger partial charge on any atom is -0.391 e. The topological polar surface area (TPSA) is 45.4 Å². The lowest BCUT2D eigenvalue weighted by Crippen LogP contribution is -1.90. The van der Waals surface area contributed by atoms with Crippen LogP contribution in [0.4, 0.5) is 0 Å². The van der Waals surface area contributed by atoms with E-state index in [1.165, 1.54) is 0 Å². The standard InChI is InChI=1S/C16H14N2O/c1-13-4-2-3-5-16(13)11-18-19-12-15-8-6-14(10-17)7-9-15/h2-9,11H,12H2,1H3. The fourth-order valence-corrected chi connectivity index (χ4v) is 1.61. The van der Waals surface area contributed by atoms with Crippen LogP contribution in [-0.2, 0) is 11.4 Å². The summed E-state index contributed by atoms with van der Waals surface area (Å²) < 4.78 is 0. The molecule has 0 saturated heterocycles. The first-order chi connectivity index (χ1) is 9.29. The molecule has 3 heteroatoms. The summed E-state index contributed by atoms with van der Waals surface area (Å²) in [7, 11) is 0. The molecule has 94 valence electrons. The van der Waals surface area contributed by atoms with E-state index < -0.39 is 0 Å². The molecule has 0 amide bonds. The van der Waals surface area contributed by atoms with Crippen molar-refractivity contribution in [2.45, 2.75) is 13.5 Å².